The van der Waals surface area contributed by atoms with E-state index in [2.05, 4.69) is 5.32 Å². The Kier molecular flexibility index (Phi) is 8.66. The van der Waals surface area contributed by atoms with E-state index in [1.54, 1.807) is 51.7 Å². The number of nitro benzene ring substituents is 1. The van der Waals surface area contributed by atoms with Gasteiger partial charge in [-0.05, 0) is 59.2 Å². The van der Waals surface area contributed by atoms with Gasteiger partial charge in [0, 0.05) is 18.2 Å². The highest BCUT2D eigenvalue weighted by molar-refractivity contribution is 6.02. The van der Waals surface area contributed by atoms with Crippen molar-refractivity contribution >= 4 is 35.5 Å². The average molecular weight is 491 g/mol. The van der Waals surface area contributed by atoms with Gasteiger partial charge in [-0.25, -0.2) is 0 Å². The quantitative estimate of drug-likeness (QED) is 0.174. The number of methoxy groups -OCH3 is 4. The summed E-state index contributed by atoms with van der Waals surface area (Å²) in [6, 6.07) is 14.9. The third kappa shape index (κ3) is 6.41. The lowest BCUT2D eigenvalue weighted by Crippen LogP contribution is -2.09. The summed E-state index contributed by atoms with van der Waals surface area (Å²) in [5, 5.41) is 13.5. The first-order valence-electron chi connectivity index (χ1n) is 10.8. The molecule has 0 bridgehead atoms. The van der Waals surface area contributed by atoms with Crippen molar-refractivity contribution in [3.8, 4) is 23.0 Å². The maximum atomic E-state index is 12.4. The average Bonchev–Trinajstić information content (AvgIpc) is 2.90. The Balaban J connectivity index is 1.73. The van der Waals surface area contributed by atoms with Crippen LogP contribution in [-0.2, 0) is 4.79 Å². The minimum atomic E-state index is -0.476. The topological polar surface area (TPSA) is 109 Å². The molecule has 3 rings (SSSR count). The lowest BCUT2D eigenvalue weighted by atomic mass is 10.1. The fourth-order valence-electron chi connectivity index (χ4n) is 3.36. The third-order valence-electron chi connectivity index (χ3n) is 5.17. The second kappa shape index (κ2) is 12.1. The van der Waals surface area contributed by atoms with Gasteiger partial charge in [0.1, 0.15) is 5.75 Å². The SMILES string of the molecule is COc1cc(C=Cc2cc(OC)c(OC)c(OC)c2)ccc1NC(=O)/C=C/c1ccc([N+](=O)[O-])cc1. The van der Waals surface area contributed by atoms with Gasteiger partial charge in [-0.3, -0.25) is 14.9 Å². The van der Waals surface area contributed by atoms with Gasteiger partial charge < -0.3 is 24.3 Å². The zero-order valence-corrected chi connectivity index (χ0v) is 20.3. The Labute approximate surface area is 208 Å². The molecule has 3 aromatic rings. The van der Waals surface area contributed by atoms with E-state index in [9.17, 15) is 14.9 Å². The molecule has 0 unspecified atom stereocenters. The Morgan fingerprint density at radius 2 is 1.31 bits per heavy atom. The van der Waals surface area contributed by atoms with E-state index < -0.39 is 4.92 Å². The molecule has 3 aromatic carbocycles. The Bertz CT molecular complexity index is 1270. The number of nitrogens with one attached hydrogen (secondary N) is 1. The van der Waals surface area contributed by atoms with Gasteiger partial charge in [0.2, 0.25) is 11.7 Å². The number of non-ortho nitro benzene ring substituents is 1. The van der Waals surface area contributed by atoms with Crippen LogP contribution in [0, 0.1) is 10.1 Å². The fraction of sp³-hybridized carbons (Fsp3) is 0.148. The van der Waals surface area contributed by atoms with Crippen LogP contribution in [0.1, 0.15) is 16.7 Å². The van der Waals surface area contributed by atoms with Crippen LogP contribution >= 0.6 is 0 Å². The number of benzene rings is 3. The van der Waals surface area contributed by atoms with Crippen LogP contribution in [-0.4, -0.2) is 39.3 Å². The van der Waals surface area contributed by atoms with Crippen molar-refractivity contribution in [2.75, 3.05) is 33.8 Å². The molecule has 0 atom stereocenters. The molecule has 0 spiro atoms. The lowest BCUT2D eigenvalue weighted by molar-refractivity contribution is -0.384. The standard InChI is InChI=1S/C27H26N2O7/c1-33-23-15-19(5-6-20-16-24(34-2)27(36-4)25(17-20)35-3)9-13-22(23)28-26(30)14-10-18-7-11-21(12-8-18)29(31)32/h5-17H,1-4H3,(H,28,30)/b6-5?,14-10+. The summed E-state index contributed by atoms with van der Waals surface area (Å²) < 4.78 is 21.6. The number of nitrogens with zero attached hydrogens (tertiary/aromatic N) is 1. The third-order valence-corrected chi connectivity index (χ3v) is 5.17. The van der Waals surface area contributed by atoms with Gasteiger partial charge in [-0.15, -0.1) is 0 Å². The van der Waals surface area contributed by atoms with E-state index in [0.29, 0.717) is 34.2 Å². The number of rotatable bonds is 10. The van der Waals surface area contributed by atoms with E-state index in [1.807, 2.05) is 30.4 Å². The normalized spacial score (nSPS) is 10.9. The molecule has 1 amide bonds. The Hall–Kier alpha value is -4.79. The molecule has 0 aliphatic heterocycles. The molecule has 9 nitrogen and oxygen atoms in total. The number of anilines is 1. The predicted octanol–water partition coefficient (Wildman–Crippen LogP) is 5.45. The van der Waals surface area contributed by atoms with Gasteiger partial charge in [0.05, 0.1) is 39.0 Å². The molecule has 36 heavy (non-hydrogen) atoms. The van der Waals surface area contributed by atoms with Crippen molar-refractivity contribution in [3.05, 3.63) is 87.5 Å². The van der Waals surface area contributed by atoms with E-state index in [-0.39, 0.29) is 11.6 Å². The first-order chi connectivity index (χ1) is 17.4. The molecule has 0 aliphatic rings. The zero-order valence-electron chi connectivity index (χ0n) is 20.3. The van der Waals surface area contributed by atoms with Crippen molar-refractivity contribution in [1.29, 1.82) is 0 Å². The summed E-state index contributed by atoms with van der Waals surface area (Å²) in [4.78, 5) is 22.7. The molecular weight excluding hydrogens is 464 g/mol. The first-order valence-corrected chi connectivity index (χ1v) is 10.8. The van der Waals surface area contributed by atoms with Crippen molar-refractivity contribution in [1.82, 2.24) is 0 Å². The molecule has 9 heteroatoms. The van der Waals surface area contributed by atoms with E-state index >= 15 is 0 Å². The monoisotopic (exact) mass is 490 g/mol. The molecule has 0 saturated carbocycles. The second-order valence-corrected chi connectivity index (χ2v) is 7.42. The lowest BCUT2D eigenvalue weighted by Gasteiger charge is -2.13. The summed E-state index contributed by atoms with van der Waals surface area (Å²) in [6.45, 7) is 0. The molecule has 0 aliphatic carbocycles. The number of nitro groups is 1. The van der Waals surface area contributed by atoms with Crippen LogP contribution in [0.4, 0.5) is 11.4 Å². The highest BCUT2D eigenvalue weighted by Gasteiger charge is 2.12. The highest BCUT2D eigenvalue weighted by atomic mass is 16.6. The maximum Gasteiger partial charge on any atom is 0.269 e. The van der Waals surface area contributed by atoms with Gasteiger partial charge >= 0.3 is 0 Å². The zero-order chi connectivity index (χ0) is 26.1. The smallest absolute Gasteiger partial charge is 0.269 e. The fourth-order valence-corrected chi connectivity index (χ4v) is 3.36. The van der Waals surface area contributed by atoms with E-state index in [4.69, 9.17) is 18.9 Å². The molecule has 0 radical (unpaired) electrons. The molecule has 186 valence electrons. The minimum absolute atomic E-state index is 0.0132. The van der Waals surface area contributed by atoms with Crippen molar-refractivity contribution in [3.63, 3.8) is 0 Å². The van der Waals surface area contributed by atoms with Gasteiger partial charge in [-0.2, -0.15) is 0 Å². The van der Waals surface area contributed by atoms with Crippen LogP contribution in [0.3, 0.4) is 0 Å². The number of carbonyl (C=O) groups is 1. The maximum absolute atomic E-state index is 12.4. The van der Waals surface area contributed by atoms with Gasteiger partial charge in [0.25, 0.3) is 5.69 Å². The first kappa shape index (κ1) is 25.8. The van der Waals surface area contributed by atoms with Crippen molar-refractivity contribution in [2.45, 2.75) is 0 Å². The number of hydrogen-bond acceptors (Lipinski definition) is 7. The molecule has 0 aromatic heterocycles. The van der Waals surface area contributed by atoms with Crippen LogP contribution in [0.5, 0.6) is 23.0 Å². The highest BCUT2D eigenvalue weighted by Crippen LogP contribution is 2.38. The van der Waals surface area contributed by atoms with Crippen molar-refractivity contribution in [2.24, 2.45) is 0 Å². The molecule has 1 N–H and O–H groups in total. The number of ether oxygens (including phenoxy) is 4. The Morgan fingerprint density at radius 1 is 0.750 bits per heavy atom. The van der Waals surface area contributed by atoms with E-state index in [1.165, 1.54) is 25.3 Å². The summed E-state index contributed by atoms with van der Waals surface area (Å²) in [5.41, 5.74) is 2.84. The number of amides is 1. The van der Waals surface area contributed by atoms with Crippen LogP contribution < -0.4 is 24.3 Å². The van der Waals surface area contributed by atoms with Crippen LogP contribution in [0.25, 0.3) is 18.2 Å². The summed E-state index contributed by atoms with van der Waals surface area (Å²) in [5.74, 6) is 1.73. The molecule has 0 fully saturated rings. The number of hydrogen-bond donors (Lipinski definition) is 1. The van der Waals surface area contributed by atoms with Crippen molar-refractivity contribution < 1.29 is 28.7 Å². The second-order valence-electron chi connectivity index (χ2n) is 7.42. The summed E-state index contributed by atoms with van der Waals surface area (Å²) >= 11 is 0. The van der Waals surface area contributed by atoms with Crippen LogP contribution in [0.2, 0.25) is 0 Å². The molecular formula is C27H26N2O7. The van der Waals surface area contributed by atoms with Gasteiger partial charge in [0.15, 0.2) is 11.5 Å². The molecule has 0 heterocycles. The summed E-state index contributed by atoms with van der Waals surface area (Å²) in [7, 11) is 6.19. The molecule has 0 saturated heterocycles. The van der Waals surface area contributed by atoms with Crippen LogP contribution in [0.15, 0.2) is 60.7 Å². The minimum Gasteiger partial charge on any atom is -0.495 e. The van der Waals surface area contributed by atoms with Gasteiger partial charge in [-0.1, -0.05) is 18.2 Å². The Morgan fingerprint density at radius 3 is 1.86 bits per heavy atom. The van der Waals surface area contributed by atoms with E-state index in [0.717, 1.165) is 11.1 Å². The summed E-state index contributed by atoms with van der Waals surface area (Å²) in [6.07, 6.45) is 6.70. The largest absolute Gasteiger partial charge is 0.495 e. The number of carbonyl (C=O) groups excluding carboxylic acids is 1. The predicted molar refractivity (Wildman–Crippen MR) is 139 cm³/mol.